The van der Waals surface area contributed by atoms with Crippen molar-refractivity contribution >= 4 is 11.8 Å². The number of rotatable bonds is 3. The minimum absolute atomic E-state index is 0.0846. The van der Waals surface area contributed by atoms with Gasteiger partial charge in [0.05, 0.1) is 5.41 Å². The predicted molar refractivity (Wildman–Crippen MR) is 74.4 cm³/mol. The van der Waals surface area contributed by atoms with Crippen LogP contribution in [0.4, 0.5) is 0 Å². The Balaban J connectivity index is 2.23. The van der Waals surface area contributed by atoms with Gasteiger partial charge in [-0.15, -0.1) is 0 Å². The Morgan fingerprint density at radius 3 is 2.60 bits per heavy atom. The molecule has 1 aliphatic carbocycles. The number of esters is 1. The molecule has 0 saturated carbocycles. The van der Waals surface area contributed by atoms with E-state index in [1.165, 1.54) is 19.1 Å². The van der Waals surface area contributed by atoms with Crippen molar-refractivity contribution in [2.75, 3.05) is 0 Å². The molecule has 0 amide bonds. The zero-order chi connectivity index (χ0) is 14.8. The number of ether oxygens (including phenoxy) is 1. The first-order chi connectivity index (χ1) is 9.45. The van der Waals surface area contributed by atoms with Crippen molar-refractivity contribution in [1.29, 1.82) is 0 Å². The lowest BCUT2D eigenvalue weighted by atomic mass is 9.78. The van der Waals surface area contributed by atoms with Gasteiger partial charge in [-0.1, -0.05) is 30.4 Å². The van der Waals surface area contributed by atoms with Crippen LogP contribution in [-0.2, 0) is 9.53 Å². The summed E-state index contributed by atoms with van der Waals surface area (Å²) in [5.41, 5.74) is -0.796. The van der Waals surface area contributed by atoms with E-state index in [0.29, 0.717) is 0 Å². The van der Waals surface area contributed by atoms with Gasteiger partial charge in [-0.05, 0) is 32.1 Å². The van der Waals surface area contributed by atoms with Gasteiger partial charge in [0.1, 0.15) is 23.2 Å². The van der Waals surface area contributed by atoms with Gasteiger partial charge < -0.3 is 9.84 Å². The van der Waals surface area contributed by atoms with Crippen LogP contribution in [0.15, 0.2) is 48.6 Å². The van der Waals surface area contributed by atoms with Crippen molar-refractivity contribution in [2.45, 2.75) is 20.0 Å². The molecule has 4 nitrogen and oxygen atoms in total. The Morgan fingerprint density at radius 2 is 1.95 bits per heavy atom. The van der Waals surface area contributed by atoms with Gasteiger partial charge in [0, 0.05) is 0 Å². The van der Waals surface area contributed by atoms with Crippen molar-refractivity contribution in [3.8, 4) is 5.75 Å². The van der Waals surface area contributed by atoms with E-state index in [-0.39, 0.29) is 17.1 Å². The van der Waals surface area contributed by atoms with E-state index in [4.69, 9.17) is 4.74 Å². The Bertz CT molecular complexity index is 600. The SMILES string of the molecule is CC(=O)C1(C)C=CC=CC1OC(=O)c1ccccc1O. The number of aromatic hydroxyl groups is 1. The molecule has 0 aliphatic heterocycles. The summed E-state index contributed by atoms with van der Waals surface area (Å²) in [7, 11) is 0. The zero-order valence-corrected chi connectivity index (χ0v) is 11.4. The smallest absolute Gasteiger partial charge is 0.342 e. The summed E-state index contributed by atoms with van der Waals surface area (Å²) in [4.78, 5) is 23.9. The fourth-order valence-electron chi connectivity index (χ4n) is 2.02. The van der Waals surface area contributed by atoms with Gasteiger partial charge in [0.2, 0.25) is 0 Å². The highest BCUT2D eigenvalue weighted by atomic mass is 16.5. The minimum atomic E-state index is -0.880. The Morgan fingerprint density at radius 1 is 1.25 bits per heavy atom. The Kier molecular flexibility index (Phi) is 3.74. The summed E-state index contributed by atoms with van der Waals surface area (Å²) in [6, 6.07) is 6.15. The predicted octanol–water partition coefficient (Wildman–Crippen LogP) is 2.64. The molecular weight excluding hydrogens is 256 g/mol. The van der Waals surface area contributed by atoms with Crippen LogP contribution in [0.5, 0.6) is 5.75 Å². The molecule has 0 radical (unpaired) electrons. The first kappa shape index (κ1) is 14.1. The standard InChI is InChI=1S/C16H16O4/c1-11(17)16(2)10-6-5-9-14(16)20-15(19)12-7-3-4-8-13(12)18/h3-10,14,18H,1-2H3. The molecule has 1 aromatic rings. The number of carbonyl (C=O) groups is 2. The third-order valence-corrected chi connectivity index (χ3v) is 3.55. The number of benzene rings is 1. The summed E-state index contributed by atoms with van der Waals surface area (Å²) < 4.78 is 5.38. The summed E-state index contributed by atoms with van der Waals surface area (Å²) in [5, 5.41) is 9.65. The van der Waals surface area contributed by atoms with Gasteiger partial charge in [-0.3, -0.25) is 4.79 Å². The first-order valence-corrected chi connectivity index (χ1v) is 6.31. The second-order valence-corrected chi connectivity index (χ2v) is 4.93. The molecule has 0 fully saturated rings. The fourth-order valence-corrected chi connectivity index (χ4v) is 2.02. The average Bonchev–Trinajstić information content (AvgIpc) is 2.41. The molecule has 104 valence electrons. The lowest BCUT2D eigenvalue weighted by Crippen LogP contribution is -2.40. The van der Waals surface area contributed by atoms with E-state index in [9.17, 15) is 14.7 Å². The molecule has 20 heavy (non-hydrogen) atoms. The maximum Gasteiger partial charge on any atom is 0.342 e. The highest BCUT2D eigenvalue weighted by molar-refractivity contribution is 5.93. The molecule has 0 spiro atoms. The van der Waals surface area contributed by atoms with Gasteiger partial charge in [0.15, 0.2) is 0 Å². The zero-order valence-electron chi connectivity index (χ0n) is 11.4. The molecule has 1 N–H and O–H groups in total. The summed E-state index contributed by atoms with van der Waals surface area (Å²) in [5.74, 6) is -0.883. The van der Waals surface area contributed by atoms with E-state index in [1.807, 2.05) is 0 Å². The number of carbonyl (C=O) groups excluding carboxylic acids is 2. The number of phenolic OH excluding ortho intramolecular Hbond substituents is 1. The number of para-hydroxylation sites is 1. The number of ketones is 1. The maximum atomic E-state index is 12.1. The molecule has 2 unspecified atom stereocenters. The van der Waals surface area contributed by atoms with Gasteiger partial charge in [-0.2, -0.15) is 0 Å². The van der Waals surface area contributed by atoms with Crippen LogP contribution in [0.2, 0.25) is 0 Å². The summed E-state index contributed by atoms with van der Waals surface area (Å²) >= 11 is 0. The molecule has 0 heterocycles. The topological polar surface area (TPSA) is 63.6 Å². The van der Waals surface area contributed by atoms with Crippen LogP contribution in [-0.4, -0.2) is 23.0 Å². The largest absolute Gasteiger partial charge is 0.507 e. The van der Waals surface area contributed by atoms with Crippen LogP contribution >= 0.6 is 0 Å². The third-order valence-electron chi connectivity index (χ3n) is 3.55. The van der Waals surface area contributed by atoms with E-state index in [2.05, 4.69) is 0 Å². The van der Waals surface area contributed by atoms with E-state index in [1.54, 1.807) is 43.4 Å². The average molecular weight is 272 g/mol. The maximum absolute atomic E-state index is 12.1. The number of allylic oxidation sites excluding steroid dienone is 2. The molecular formula is C16H16O4. The molecule has 0 bridgehead atoms. The molecule has 2 rings (SSSR count). The van der Waals surface area contributed by atoms with Crippen LogP contribution in [0, 0.1) is 5.41 Å². The molecule has 0 saturated heterocycles. The number of Topliss-reactive ketones (excluding diaryl/α,β-unsaturated/α-hetero) is 1. The second-order valence-electron chi connectivity index (χ2n) is 4.93. The third kappa shape index (κ3) is 2.50. The minimum Gasteiger partial charge on any atom is -0.507 e. The highest BCUT2D eigenvalue weighted by Crippen LogP contribution is 2.32. The van der Waals surface area contributed by atoms with E-state index < -0.39 is 17.5 Å². The lowest BCUT2D eigenvalue weighted by molar-refractivity contribution is -0.127. The van der Waals surface area contributed by atoms with Crippen molar-refractivity contribution in [3.63, 3.8) is 0 Å². The van der Waals surface area contributed by atoms with Crippen LogP contribution < -0.4 is 0 Å². The second kappa shape index (κ2) is 5.33. The molecule has 4 heteroatoms. The van der Waals surface area contributed by atoms with Crippen molar-refractivity contribution in [2.24, 2.45) is 5.41 Å². The molecule has 1 aliphatic rings. The van der Waals surface area contributed by atoms with Crippen molar-refractivity contribution in [1.82, 2.24) is 0 Å². The van der Waals surface area contributed by atoms with E-state index >= 15 is 0 Å². The van der Waals surface area contributed by atoms with Gasteiger partial charge >= 0.3 is 5.97 Å². The lowest BCUT2D eigenvalue weighted by Gasteiger charge is -2.32. The van der Waals surface area contributed by atoms with Crippen LogP contribution in [0.1, 0.15) is 24.2 Å². The normalized spacial score (nSPS) is 24.4. The quantitative estimate of drug-likeness (QED) is 0.859. The monoisotopic (exact) mass is 272 g/mol. The number of hydrogen-bond acceptors (Lipinski definition) is 4. The molecule has 2 atom stereocenters. The van der Waals surface area contributed by atoms with Crippen molar-refractivity contribution in [3.05, 3.63) is 54.1 Å². The number of phenols is 1. The highest BCUT2D eigenvalue weighted by Gasteiger charge is 2.39. The van der Waals surface area contributed by atoms with Crippen LogP contribution in [0.25, 0.3) is 0 Å². The molecule has 0 aromatic heterocycles. The fraction of sp³-hybridized carbons (Fsp3) is 0.250. The summed E-state index contributed by atoms with van der Waals surface area (Å²) in [6.45, 7) is 3.18. The Hall–Kier alpha value is -2.36. The molecule has 1 aromatic carbocycles. The van der Waals surface area contributed by atoms with Gasteiger partial charge in [0.25, 0.3) is 0 Å². The summed E-state index contributed by atoms with van der Waals surface area (Å²) in [6.07, 6.45) is 6.19. The number of hydrogen-bond donors (Lipinski definition) is 1. The van der Waals surface area contributed by atoms with Gasteiger partial charge in [-0.25, -0.2) is 4.79 Å². The van der Waals surface area contributed by atoms with Crippen molar-refractivity contribution < 1.29 is 19.4 Å². The Labute approximate surface area is 117 Å². The first-order valence-electron chi connectivity index (χ1n) is 6.31. The van der Waals surface area contributed by atoms with E-state index in [0.717, 1.165) is 0 Å². The van der Waals surface area contributed by atoms with Crippen LogP contribution in [0.3, 0.4) is 0 Å².